The molecule has 1 N–H and O–H groups in total. The van der Waals surface area contributed by atoms with E-state index in [9.17, 15) is 5.11 Å². The molecule has 128 valence electrons. The number of phenolic OH excluding ortho intramolecular Hbond substituents is 1. The number of phenols is 1. The molecule has 2 aromatic rings. The summed E-state index contributed by atoms with van der Waals surface area (Å²) in [7, 11) is 0. The number of aromatic hydroxyl groups is 1. The van der Waals surface area contributed by atoms with Gasteiger partial charge in [-0.25, -0.2) is 0 Å². The van der Waals surface area contributed by atoms with Crippen molar-refractivity contribution in [3.8, 4) is 11.5 Å². The van der Waals surface area contributed by atoms with Gasteiger partial charge in [-0.1, -0.05) is 54.1 Å². The second kappa shape index (κ2) is 10.1. The van der Waals surface area contributed by atoms with Crippen LogP contribution in [0.5, 0.6) is 11.5 Å². The second-order valence-electron chi connectivity index (χ2n) is 5.22. The number of hydrogen-bond donors (Lipinski definition) is 1. The molecular weight excluding hydrogens is 343 g/mol. The lowest BCUT2D eigenvalue weighted by molar-refractivity contribution is 0.363. The number of rotatable bonds is 5. The summed E-state index contributed by atoms with van der Waals surface area (Å²) in [5.74, 6) is 0.896. The minimum absolute atomic E-state index is 0.177. The average molecular weight is 365 g/mol. The minimum atomic E-state index is 0.177. The topological polar surface area (TPSA) is 29.5 Å². The Kier molecular flexibility index (Phi) is 8.45. The third-order valence-corrected chi connectivity index (χ3v) is 3.88. The lowest BCUT2D eigenvalue weighted by atomic mass is 10.0. The first kappa shape index (κ1) is 20.1. The molecule has 0 aliphatic rings. The molecule has 0 radical (unpaired) electrons. The number of allylic oxidation sites excluding steroid dienone is 1. The SMILES string of the molecule is C=CCOc1cc(C)ccc1Cl.C=CCc1c(C)ccc(Cl)c1O. The smallest absolute Gasteiger partial charge is 0.138 e. The highest BCUT2D eigenvalue weighted by atomic mass is 35.5. The van der Waals surface area contributed by atoms with Gasteiger partial charge in [0.1, 0.15) is 18.1 Å². The Morgan fingerprint density at radius 1 is 1.04 bits per heavy atom. The van der Waals surface area contributed by atoms with Gasteiger partial charge in [-0.15, -0.1) is 6.58 Å². The van der Waals surface area contributed by atoms with E-state index in [0.717, 1.165) is 22.4 Å². The summed E-state index contributed by atoms with van der Waals surface area (Å²) in [6.45, 7) is 11.6. The highest BCUT2D eigenvalue weighted by Crippen LogP contribution is 2.30. The van der Waals surface area contributed by atoms with Crippen molar-refractivity contribution in [2.45, 2.75) is 20.3 Å². The highest BCUT2D eigenvalue weighted by Gasteiger charge is 2.06. The summed E-state index contributed by atoms with van der Waals surface area (Å²) in [5.41, 5.74) is 3.03. The number of halogens is 2. The Balaban J connectivity index is 0.000000240. The van der Waals surface area contributed by atoms with Gasteiger partial charge >= 0.3 is 0 Å². The van der Waals surface area contributed by atoms with Gasteiger partial charge in [0.2, 0.25) is 0 Å². The average Bonchev–Trinajstić information content (AvgIpc) is 2.56. The number of benzene rings is 2. The van der Waals surface area contributed by atoms with E-state index in [1.54, 1.807) is 18.2 Å². The lowest BCUT2D eigenvalue weighted by Gasteiger charge is -2.06. The van der Waals surface area contributed by atoms with E-state index in [1.807, 2.05) is 38.1 Å². The van der Waals surface area contributed by atoms with Gasteiger partial charge < -0.3 is 9.84 Å². The van der Waals surface area contributed by atoms with Crippen molar-refractivity contribution in [1.82, 2.24) is 0 Å². The van der Waals surface area contributed by atoms with Gasteiger partial charge in [0.05, 0.1) is 10.0 Å². The fourth-order valence-electron chi connectivity index (χ4n) is 1.98. The Bertz CT molecular complexity index is 709. The van der Waals surface area contributed by atoms with Crippen molar-refractivity contribution in [3.63, 3.8) is 0 Å². The van der Waals surface area contributed by atoms with Gasteiger partial charge in [0.15, 0.2) is 0 Å². The van der Waals surface area contributed by atoms with Gasteiger partial charge in [0, 0.05) is 5.56 Å². The summed E-state index contributed by atoms with van der Waals surface area (Å²) in [6.07, 6.45) is 4.09. The summed E-state index contributed by atoms with van der Waals surface area (Å²) >= 11 is 11.6. The quantitative estimate of drug-likeness (QED) is 0.631. The molecule has 0 spiro atoms. The van der Waals surface area contributed by atoms with Gasteiger partial charge in [-0.3, -0.25) is 0 Å². The monoisotopic (exact) mass is 364 g/mol. The number of ether oxygens (including phenoxy) is 1. The Labute approximate surface area is 154 Å². The van der Waals surface area contributed by atoms with E-state index in [2.05, 4.69) is 13.2 Å². The predicted molar refractivity (Wildman–Crippen MR) is 104 cm³/mol. The fraction of sp³-hybridized carbons (Fsp3) is 0.200. The van der Waals surface area contributed by atoms with Crippen LogP contribution in [0.1, 0.15) is 16.7 Å². The van der Waals surface area contributed by atoms with Gasteiger partial charge in [0.25, 0.3) is 0 Å². The Hall–Kier alpha value is -1.90. The maximum Gasteiger partial charge on any atom is 0.138 e. The summed E-state index contributed by atoms with van der Waals surface area (Å²) in [5, 5.41) is 10.6. The normalized spacial score (nSPS) is 9.67. The van der Waals surface area contributed by atoms with E-state index in [4.69, 9.17) is 27.9 Å². The molecule has 0 fully saturated rings. The van der Waals surface area contributed by atoms with Crippen LogP contribution in [0.15, 0.2) is 55.6 Å². The molecule has 0 atom stereocenters. The van der Waals surface area contributed by atoms with Crippen molar-refractivity contribution < 1.29 is 9.84 Å². The van der Waals surface area contributed by atoms with Crippen LogP contribution >= 0.6 is 23.2 Å². The first-order valence-corrected chi connectivity index (χ1v) is 8.24. The van der Waals surface area contributed by atoms with E-state index in [1.165, 1.54) is 0 Å². The third kappa shape index (κ3) is 5.95. The Morgan fingerprint density at radius 2 is 1.71 bits per heavy atom. The fourth-order valence-corrected chi connectivity index (χ4v) is 2.33. The predicted octanol–water partition coefficient (Wildman–Crippen LogP) is 6.30. The van der Waals surface area contributed by atoms with Crippen LogP contribution in [-0.4, -0.2) is 11.7 Å². The van der Waals surface area contributed by atoms with Crippen LogP contribution < -0.4 is 4.74 Å². The van der Waals surface area contributed by atoms with Crippen molar-refractivity contribution in [1.29, 1.82) is 0 Å². The maximum atomic E-state index is 9.53. The molecule has 2 rings (SSSR count). The van der Waals surface area contributed by atoms with Crippen molar-refractivity contribution in [2.75, 3.05) is 6.61 Å². The summed E-state index contributed by atoms with van der Waals surface area (Å²) in [4.78, 5) is 0. The summed E-state index contributed by atoms with van der Waals surface area (Å²) in [6, 6.07) is 9.27. The third-order valence-electron chi connectivity index (χ3n) is 3.26. The standard InChI is InChI=1S/2C10H11ClO/c1-3-6-12-10-7-8(2)4-5-9(10)11;1-3-4-8-7(2)5-6-9(11)10(8)12/h3-5,7H,1,6H2,2H3;3,5-6,12H,1,4H2,2H3. The van der Waals surface area contributed by atoms with E-state index in [0.29, 0.717) is 23.1 Å². The number of aryl methyl sites for hydroxylation is 2. The molecule has 0 heterocycles. The zero-order valence-electron chi connectivity index (χ0n) is 14.0. The van der Waals surface area contributed by atoms with Crippen molar-refractivity contribution in [3.05, 3.63) is 82.4 Å². The molecular formula is C20H22Cl2O2. The van der Waals surface area contributed by atoms with Crippen LogP contribution in [0, 0.1) is 13.8 Å². The van der Waals surface area contributed by atoms with Gasteiger partial charge in [-0.05, 0) is 49.6 Å². The molecule has 0 aromatic heterocycles. The lowest BCUT2D eigenvalue weighted by Crippen LogP contribution is -1.93. The molecule has 0 unspecified atom stereocenters. The van der Waals surface area contributed by atoms with Crippen LogP contribution in [0.4, 0.5) is 0 Å². The molecule has 0 saturated carbocycles. The highest BCUT2D eigenvalue weighted by molar-refractivity contribution is 6.32. The first-order valence-electron chi connectivity index (χ1n) is 7.48. The first-order chi connectivity index (χ1) is 11.4. The molecule has 0 saturated heterocycles. The van der Waals surface area contributed by atoms with Crippen LogP contribution in [-0.2, 0) is 6.42 Å². The van der Waals surface area contributed by atoms with E-state index >= 15 is 0 Å². The van der Waals surface area contributed by atoms with Crippen molar-refractivity contribution >= 4 is 23.2 Å². The zero-order chi connectivity index (χ0) is 18.1. The van der Waals surface area contributed by atoms with Crippen molar-refractivity contribution in [2.24, 2.45) is 0 Å². The molecule has 0 amide bonds. The van der Waals surface area contributed by atoms with Crippen LogP contribution in [0.3, 0.4) is 0 Å². The van der Waals surface area contributed by atoms with Gasteiger partial charge in [-0.2, -0.15) is 0 Å². The second-order valence-corrected chi connectivity index (χ2v) is 6.03. The largest absolute Gasteiger partial charge is 0.506 e. The van der Waals surface area contributed by atoms with E-state index < -0.39 is 0 Å². The van der Waals surface area contributed by atoms with Crippen LogP contribution in [0.25, 0.3) is 0 Å². The van der Waals surface area contributed by atoms with E-state index in [-0.39, 0.29) is 5.75 Å². The Morgan fingerprint density at radius 3 is 2.33 bits per heavy atom. The minimum Gasteiger partial charge on any atom is -0.506 e. The molecule has 0 aliphatic carbocycles. The molecule has 2 nitrogen and oxygen atoms in total. The molecule has 0 bridgehead atoms. The molecule has 0 aliphatic heterocycles. The summed E-state index contributed by atoms with van der Waals surface area (Å²) < 4.78 is 5.32. The van der Waals surface area contributed by atoms with Crippen LogP contribution in [0.2, 0.25) is 10.0 Å². The zero-order valence-corrected chi connectivity index (χ0v) is 15.5. The molecule has 4 heteroatoms. The number of hydrogen-bond acceptors (Lipinski definition) is 2. The molecule has 24 heavy (non-hydrogen) atoms. The maximum absolute atomic E-state index is 9.53. The molecule has 2 aromatic carbocycles.